The predicted octanol–water partition coefficient (Wildman–Crippen LogP) is 2.02. The number of amides is 1. The second-order valence-electron chi connectivity index (χ2n) is 6.00. The van der Waals surface area contributed by atoms with E-state index in [4.69, 9.17) is 0 Å². The first kappa shape index (κ1) is 14.8. The molecule has 1 fully saturated rings. The second-order valence-corrected chi connectivity index (χ2v) is 6.00. The Hall–Kier alpha value is -2.14. The molecule has 1 N–H and O–H groups in total. The number of nitrogens with zero attached hydrogens (tertiary/aromatic N) is 3. The van der Waals surface area contributed by atoms with E-state index >= 15 is 0 Å². The Bertz CT molecular complexity index is 666. The quantitative estimate of drug-likeness (QED) is 0.923. The van der Waals surface area contributed by atoms with Crippen LogP contribution in [0.2, 0.25) is 0 Å². The lowest BCUT2D eigenvalue weighted by molar-refractivity contribution is 0.0245. The third kappa shape index (κ3) is 2.76. The number of hydrogen-bond acceptors (Lipinski definition) is 3. The molecular formula is C17H21N3O2. The molecule has 1 amide bonds. The summed E-state index contributed by atoms with van der Waals surface area (Å²) in [7, 11) is 0. The summed E-state index contributed by atoms with van der Waals surface area (Å²) in [5.41, 5.74) is 2.29. The molecule has 1 aliphatic rings. The molecule has 2 aromatic rings. The van der Waals surface area contributed by atoms with Gasteiger partial charge in [-0.25, -0.2) is 4.68 Å². The van der Waals surface area contributed by atoms with E-state index < -0.39 is 6.10 Å². The van der Waals surface area contributed by atoms with Gasteiger partial charge < -0.3 is 10.0 Å². The molecule has 2 atom stereocenters. The van der Waals surface area contributed by atoms with Crippen molar-refractivity contribution in [3.63, 3.8) is 0 Å². The summed E-state index contributed by atoms with van der Waals surface area (Å²) in [5.74, 6) is 0.136. The van der Waals surface area contributed by atoms with E-state index in [0.29, 0.717) is 18.8 Å². The Kier molecular flexibility index (Phi) is 3.98. The molecule has 0 spiro atoms. The highest BCUT2D eigenvalue weighted by atomic mass is 16.3. The number of benzene rings is 1. The number of β-amino-alcohol motifs (C(OH)–C–C–N with tert-alkyl or cyclic N) is 1. The Labute approximate surface area is 130 Å². The number of rotatable bonds is 2. The van der Waals surface area contributed by atoms with Crippen molar-refractivity contribution in [3.8, 4) is 5.69 Å². The Morgan fingerprint density at radius 2 is 2.05 bits per heavy atom. The van der Waals surface area contributed by atoms with Crippen molar-refractivity contribution in [1.29, 1.82) is 0 Å². The van der Waals surface area contributed by atoms with Gasteiger partial charge in [-0.05, 0) is 37.5 Å². The number of carbonyl (C=O) groups excluding carboxylic acids is 1. The van der Waals surface area contributed by atoms with Gasteiger partial charge in [-0.2, -0.15) is 5.10 Å². The zero-order chi connectivity index (χ0) is 15.7. The van der Waals surface area contributed by atoms with Crippen LogP contribution in [-0.4, -0.2) is 44.9 Å². The summed E-state index contributed by atoms with van der Waals surface area (Å²) in [6.45, 7) is 5.01. The standard InChI is InChI=1S/C17H21N3O2/c1-12-8-9-19(11-16(12)21)17(22)15-10-13(2)20(18-15)14-6-4-3-5-7-14/h3-7,10,12,16,21H,8-9,11H2,1-2H3. The maximum Gasteiger partial charge on any atom is 0.274 e. The lowest BCUT2D eigenvalue weighted by Gasteiger charge is -2.33. The molecule has 22 heavy (non-hydrogen) atoms. The van der Waals surface area contributed by atoms with Crippen LogP contribution in [0.3, 0.4) is 0 Å². The van der Waals surface area contributed by atoms with Gasteiger partial charge in [0.15, 0.2) is 5.69 Å². The summed E-state index contributed by atoms with van der Waals surface area (Å²) >= 11 is 0. The number of aryl methyl sites for hydroxylation is 1. The lowest BCUT2D eigenvalue weighted by atomic mass is 9.96. The van der Waals surface area contributed by atoms with Gasteiger partial charge in [-0.15, -0.1) is 0 Å². The third-order valence-corrected chi connectivity index (χ3v) is 4.31. The highest BCUT2D eigenvalue weighted by Crippen LogP contribution is 2.19. The van der Waals surface area contributed by atoms with Crippen LogP contribution in [0.5, 0.6) is 0 Å². The SMILES string of the molecule is Cc1cc(C(=O)N2CCC(C)C(O)C2)nn1-c1ccccc1. The van der Waals surface area contributed by atoms with Gasteiger partial charge in [0.25, 0.3) is 5.91 Å². The lowest BCUT2D eigenvalue weighted by Crippen LogP contribution is -2.45. The van der Waals surface area contributed by atoms with Crippen molar-refractivity contribution in [2.24, 2.45) is 5.92 Å². The monoisotopic (exact) mass is 299 g/mol. The summed E-state index contributed by atoms with van der Waals surface area (Å²) in [6, 6.07) is 11.6. The first-order chi connectivity index (χ1) is 10.6. The Morgan fingerprint density at radius 3 is 2.73 bits per heavy atom. The molecule has 1 aromatic heterocycles. The topological polar surface area (TPSA) is 58.4 Å². The van der Waals surface area contributed by atoms with Gasteiger partial charge in [0.2, 0.25) is 0 Å². The van der Waals surface area contributed by atoms with Crippen LogP contribution >= 0.6 is 0 Å². The van der Waals surface area contributed by atoms with E-state index in [1.807, 2.05) is 44.2 Å². The minimum absolute atomic E-state index is 0.108. The first-order valence-corrected chi connectivity index (χ1v) is 7.65. The molecular weight excluding hydrogens is 278 g/mol. The zero-order valence-corrected chi connectivity index (χ0v) is 12.9. The predicted molar refractivity (Wildman–Crippen MR) is 84.0 cm³/mol. The number of carbonyl (C=O) groups is 1. The van der Waals surface area contributed by atoms with E-state index in [1.54, 1.807) is 15.6 Å². The number of likely N-dealkylation sites (tertiary alicyclic amines) is 1. The molecule has 0 saturated carbocycles. The molecule has 0 aliphatic carbocycles. The fraction of sp³-hybridized carbons (Fsp3) is 0.412. The summed E-state index contributed by atoms with van der Waals surface area (Å²) < 4.78 is 1.77. The highest BCUT2D eigenvalue weighted by molar-refractivity contribution is 5.92. The number of hydrogen-bond donors (Lipinski definition) is 1. The number of aliphatic hydroxyl groups excluding tert-OH is 1. The van der Waals surface area contributed by atoms with Crippen molar-refractivity contribution in [2.75, 3.05) is 13.1 Å². The molecule has 5 nitrogen and oxygen atoms in total. The minimum Gasteiger partial charge on any atom is -0.391 e. The number of aliphatic hydroxyl groups is 1. The number of para-hydroxylation sites is 1. The number of aromatic nitrogens is 2. The maximum atomic E-state index is 12.6. The van der Waals surface area contributed by atoms with E-state index in [9.17, 15) is 9.90 Å². The van der Waals surface area contributed by atoms with E-state index in [0.717, 1.165) is 17.8 Å². The van der Waals surface area contributed by atoms with Crippen LogP contribution < -0.4 is 0 Å². The average molecular weight is 299 g/mol. The van der Waals surface area contributed by atoms with Crippen LogP contribution in [0.4, 0.5) is 0 Å². The van der Waals surface area contributed by atoms with E-state index in [-0.39, 0.29) is 11.8 Å². The second kappa shape index (κ2) is 5.93. The zero-order valence-electron chi connectivity index (χ0n) is 12.9. The van der Waals surface area contributed by atoms with Crippen molar-refractivity contribution >= 4 is 5.91 Å². The number of piperidine rings is 1. The smallest absolute Gasteiger partial charge is 0.274 e. The maximum absolute atomic E-state index is 12.6. The summed E-state index contributed by atoms with van der Waals surface area (Å²) in [5, 5.41) is 14.4. The molecule has 1 aliphatic heterocycles. The van der Waals surface area contributed by atoms with Crippen LogP contribution in [0.25, 0.3) is 5.69 Å². The van der Waals surface area contributed by atoms with Crippen LogP contribution in [-0.2, 0) is 0 Å². The van der Waals surface area contributed by atoms with E-state index in [2.05, 4.69) is 5.10 Å². The van der Waals surface area contributed by atoms with Crippen molar-refractivity contribution in [3.05, 3.63) is 47.8 Å². The first-order valence-electron chi connectivity index (χ1n) is 7.65. The Balaban J connectivity index is 1.83. The van der Waals surface area contributed by atoms with Crippen LogP contribution in [0, 0.1) is 12.8 Å². The molecule has 0 bridgehead atoms. The fourth-order valence-corrected chi connectivity index (χ4v) is 2.80. The Morgan fingerprint density at radius 1 is 1.32 bits per heavy atom. The molecule has 3 rings (SSSR count). The largest absolute Gasteiger partial charge is 0.391 e. The molecule has 2 unspecified atom stereocenters. The van der Waals surface area contributed by atoms with Crippen molar-refractivity contribution in [1.82, 2.24) is 14.7 Å². The van der Waals surface area contributed by atoms with Crippen LogP contribution in [0.1, 0.15) is 29.5 Å². The van der Waals surface area contributed by atoms with E-state index in [1.165, 1.54) is 0 Å². The molecule has 2 heterocycles. The van der Waals surface area contributed by atoms with Gasteiger partial charge in [0, 0.05) is 18.8 Å². The third-order valence-electron chi connectivity index (χ3n) is 4.31. The van der Waals surface area contributed by atoms with Gasteiger partial charge in [-0.1, -0.05) is 25.1 Å². The van der Waals surface area contributed by atoms with Crippen LogP contribution in [0.15, 0.2) is 36.4 Å². The molecule has 116 valence electrons. The molecule has 1 aromatic carbocycles. The van der Waals surface area contributed by atoms with Gasteiger partial charge >= 0.3 is 0 Å². The minimum atomic E-state index is -0.449. The summed E-state index contributed by atoms with van der Waals surface area (Å²) in [6.07, 6.45) is 0.376. The highest BCUT2D eigenvalue weighted by Gasteiger charge is 2.29. The average Bonchev–Trinajstić information content (AvgIpc) is 2.92. The van der Waals surface area contributed by atoms with Crippen molar-refractivity contribution < 1.29 is 9.90 Å². The molecule has 0 radical (unpaired) electrons. The van der Waals surface area contributed by atoms with Gasteiger partial charge in [-0.3, -0.25) is 4.79 Å². The summed E-state index contributed by atoms with van der Waals surface area (Å²) in [4.78, 5) is 14.3. The molecule has 1 saturated heterocycles. The van der Waals surface area contributed by atoms with Gasteiger partial charge in [0.1, 0.15) is 0 Å². The van der Waals surface area contributed by atoms with Gasteiger partial charge in [0.05, 0.1) is 11.8 Å². The molecule has 5 heteroatoms. The van der Waals surface area contributed by atoms with Crippen molar-refractivity contribution in [2.45, 2.75) is 26.4 Å². The fourth-order valence-electron chi connectivity index (χ4n) is 2.80. The normalized spacial score (nSPS) is 21.9.